The summed E-state index contributed by atoms with van der Waals surface area (Å²) in [7, 11) is 1.54. The minimum absolute atomic E-state index is 0.257. The highest BCUT2D eigenvalue weighted by Crippen LogP contribution is 1.81. The molecule has 0 aliphatic heterocycles. The highest BCUT2D eigenvalue weighted by atomic mass is 16.6. The SMILES string of the molecule is CC=NC(=O)OCCOC. The van der Waals surface area contributed by atoms with Crippen LogP contribution in [0, 0.1) is 0 Å². The molecule has 10 heavy (non-hydrogen) atoms. The maximum absolute atomic E-state index is 10.4. The molecule has 0 bridgehead atoms. The van der Waals surface area contributed by atoms with E-state index in [2.05, 4.69) is 14.5 Å². The Morgan fingerprint density at radius 2 is 2.30 bits per heavy atom. The summed E-state index contributed by atoms with van der Waals surface area (Å²) in [5, 5.41) is 0. The second-order valence-corrected chi connectivity index (χ2v) is 1.49. The number of methoxy groups -OCH3 is 1. The van der Waals surface area contributed by atoms with E-state index >= 15 is 0 Å². The maximum atomic E-state index is 10.4. The molecule has 0 spiro atoms. The molecule has 0 aromatic carbocycles. The van der Waals surface area contributed by atoms with Gasteiger partial charge in [-0.3, -0.25) is 0 Å². The normalized spacial score (nSPS) is 10.2. The summed E-state index contributed by atoms with van der Waals surface area (Å²) in [5.41, 5.74) is 0. The summed E-state index contributed by atoms with van der Waals surface area (Å²) in [6, 6.07) is 0. The third-order valence-electron chi connectivity index (χ3n) is 0.748. The molecule has 0 fully saturated rings. The van der Waals surface area contributed by atoms with Crippen molar-refractivity contribution in [2.24, 2.45) is 4.99 Å². The number of ether oxygens (including phenoxy) is 2. The van der Waals surface area contributed by atoms with Gasteiger partial charge in [-0.05, 0) is 6.92 Å². The molecule has 0 unspecified atom stereocenters. The Balaban J connectivity index is 3.22. The first-order valence-corrected chi connectivity index (χ1v) is 2.95. The number of carbonyl (C=O) groups is 1. The summed E-state index contributed by atoms with van der Waals surface area (Å²) in [6.45, 7) is 2.31. The van der Waals surface area contributed by atoms with Gasteiger partial charge < -0.3 is 9.47 Å². The molecule has 4 heteroatoms. The van der Waals surface area contributed by atoms with E-state index in [4.69, 9.17) is 0 Å². The lowest BCUT2D eigenvalue weighted by molar-refractivity contribution is 0.105. The molecule has 0 N–H and O–H groups in total. The van der Waals surface area contributed by atoms with Crippen LogP contribution in [0.3, 0.4) is 0 Å². The molecule has 0 saturated heterocycles. The fraction of sp³-hybridized carbons (Fsp3) is 0.667. The minimum atomic E-state index is -0.570. The van der Waals surface area contributed by atoms with E-state index in [-0.39, 0.29) is 6.61 Å². The summed E-state index contributed by atoms with van der Waals surface area (Å²) in [6.07, 6.45) is 0.814. The predicted octanol–water partition coefficient (Wildman–Crippen LogP) is 0.860. The van der Waals surface area contributed by atoms with E-state index in [1.807, 2.05) is 0 Å². The van der Waals surface area contributed by atoms with Gasteiger partial charge in [0.2, 0.25) is 0 Å². The Hall–Kier alpha value is -0.900. The van der Waals surface area contributed by atoms with Crippen LogP contribution < -0.4 is 0 Å². The van der Waals surface area contributed by atoms with Crippen LogP contribution in [-0.4, -0.2) is 32.6 Å². The first kappa shape index (κ1) is 9.10. The van der Waals surface area contributed by atoms with Crippen LogP contribution >= 0.6 is 0 Å². The van der Waals surface area contributed by atoms with Crippen molar-refractivity contribution < 1.29 is 14.3 Å². The standard InChI is InChI=1S/C6H11NO3/c1-3-7-6(8)10-5-4-9-2/h3H,4-5H2,1-2H3. The van der Waals surface area contributed by atoms with Crippen molar-refractivity contribution in [1.82, 2.24) is 0 Å². The van der Waals surface area contributed by atoms with Crippen LogP contribution in [0.4, 0.5) is 4.79 Å². The zero-order chi connectivity index (χ0) is 7.82. The van der Waals surface area contributed by atoms with Crippen LogP contribution in [0.5, 0.6) is 0 Å². The molecular weight excluding hydrogens is 134 g/mol. The van der Waals surface area contributed by atoms with Gasteiger partial charge in [0, 0.05) is 13.3 Å². The molecule has 0 saturated carbocycles. The lowest BCUT2D eigenvalue weighted by Gasteiger charge is -1.97. The minimum Gasteiger partial charge on any atom is -0.445 e. The van der Waals surface area contributed by atoms with E-state index in [0.29, 0.717) is 6.61 Å². The van der Waals surface area contributed by atoms with Gasteiger partial charge in [0.1, 0.15) is 6.61 Å². The lowest BCUT2D eigenvalue weighted by Crippen LogP contribution is -2.05. The zero-order valence-electron chi connectivity index (χ0n) is 6.16. The molecule has 58 valence electrons. The van der Waals surface area contributed by atoms with Crippen molar-refractivity contribution in [2.45, 2.75) is 6.92 Å². The first-order valence-electron chi connectivity index (χ1n) is 2.95. The molecule has 0 aliphatic rings. The molecule has 0 aliphatic carbocycles. The topological polar surface area (TPSA) is 47.9 Å². The van der Waals surface area contributed by atoms with Gasteiger partial charge >= 0.3 is 6.09 Å². The van der Waals surface area contributed by atoms with Crippen LogP contribution in [-0.2, 0) is 9.47 Å². The number of hydrogen-bond acceptors (Lipinski definition) is 3. The Labute approximate surface area is 59.8 Å². The van der Waals surface area contributed by atoms with Crippen molar-refractivity contribution in [2.75, 3.05) is 20.3 Å². The van der Waals surface area contributed by atoms with Gasteiger partial charge in [-0.15, -0.1) is 0 Å². The lowest BCUT2D eigenvalue weighted by atomic mass is 10.8. The zero-order valence-corrected chi connectivity index (χ0v) is 6.16. The van der Waals surface area contributed by atoms with Crippen molar-refractivity contribution in [3.05, 3.63) is 0 Å². The van der Waals surface area contributed by atoms with Gasteiger partial charge in [0.05, 0.1) is 6.61 Å². The van der Waals surface area contributed by atoms with E-state index < -0.39 is 6.09 Å². The highest BCUT2D eigenvalue weighted by Gasteiger charge is 1.94. The second kappa shape index (κ2) is 6.22. The molecule has 0 heterocycles. The quantitative estimate of drug-likeness (QED) is 0.437. The smallest absolute Gasteiger partial charge is 0.433 e. The number of carbonyl (C=O) groups excluding carboxylic acids is 1. The van der Waals surface area contributed by atoms with Crippen molar-refractivity contribution >= 4 is 12.3 Å². The third-order valence-corrected chi connectivity index (χ3v) is 0.748. The molecule has 0 rings (SSSR count). The second-order valence-electron chi connectivity index (χ2n) is 1.49. The van der Waals surface area contributed by atoms with Crippen LogP contribution in [0.15, 0.2) is 4.99 Å². The fourth-order valence-corrected chi connectivity index (χ4v) is 0.355. The fourth-order valence-electron chi connectivity index (χ4n) is 0.355. The molecular formula is C6H11NO3. The van der Waals surface area contributed by atoms with E-state index in [9.17, 15) is 4.79 Å². The predicted molar refractivity (Wildman–Crippen MR) is 37.4 cm³/mol. The largest absolute Gasteiger partial charge is 0.445 e. The molecule has 0 aromatic rings. The summed E-state index contributed by atoms with van der Waals surface area (Å²) >= 11 is 0. The molecule has 1 amide bonds. The van der Waals surface area contributed by atoms with Crippen LogP contribution in [0.1, 0.15) is 6.92 Å². The molecule has 0 aromatic heterocycles. The maximum Gasteiger partial charge on any atom is 0.433 e. The summed E-state index contributed by atoms with van der Waals surface area (Å²) in [5.74, 6) is 0. The number of rotatable bonds is 3. The van der Waals surface area contributed by atoms with Crippen molar-refractivity contribution in [1.29, 1.82) is 0 Å². The molecule has 4 nitrogen and oxygen atoms in total. The van der Waals surface area contributed by atoms with Gasteiger partial charge in [-0.1, -0.05) is 0 Å². The number of aliphatic imine (C=N–C) groups is 1. The van der Waals surface area contributed by atoms with Gasteiger partial charge in [0.25, 0.3) is 0 Å². The first-order chi connectivity index (χ1) is 4.81. The van der Waals surface area contributed by atoms with E-state index in [1.165, 1.54) is 13.3 Å². The molecule has 0 radical (unpaired) electrons. The summed E-state index contributed by atoms with van der Waals surface area (Å²) in [4.78, 5) is 13.8. The Kier molecular flexibility index (Phi) is 5.66. The van der Waals surface area contributed by atoms with Crippen LogP contribution in [0.2, 0.25) is 0 Å². The Morgan fingerprint density at radius 3 is 2.80 bits per heavy atom. The number of hydrogen-bond donors (Lipinski definition) is 0. The van der Waals surface area contributed by atoms with Gasteiger partial charge in [-0.25, -0.2) is 4.79 Å². The third kappa shape index (κ3) is 5.24. The van der Waals surface area contributed by atoms with E-state index in [1.54, 1.807) is 6.92 Å². The van der Waals surface area contributed by atoms with Crippen molar-refractivity contribution in [3.8, 4) is 0 Å². The van der Waals surface area contributed by atoms with Gasteiger partial charge in [-0.2, -0.15) is 4.99 Å². The highest BCUT2D eigenvalue weighted by molar-refractivity contribution is 5.78. The average molecular weight is 145 g/mol. The Bertz CT molecular complexity index is 122. The summed E-state index contributed by atoms with van der Waals surface area (Å²) < 4.78 is 9.20. The van der Waals surface area contributed by atoms with Gasteiger partial charge in [0.15, 0.2) is 0 Å². The monoisotopic (exact) mass is 145 g/mol. The number of amides is 1. The molecule has 0 atom stereocenters. The van der Waals surface area contributed by atoms with Crippen LogP contribution in [0.25, 0.3) is 0 Å². The van der Waals surface area contributed by atoms with E-state index in [0.717, 1.165) is 0 Å². The average Bonchev–Trinajstić information content (AvgIpc) is 1.89. The van der Waals surface area contributed by atoms with Crippen molar-refractivity contribution in [3.63, 3.8) is 0 Å². The Morgan fingerprint density at radius 1 is 1.60 bits per heavy atom. The number of nitrogens with zero attached hydrogens (tertiary/aromatic N) is 1.